The predicted molar refractivity (Wildman–Crippen MR) is 84.8 cm³/mol. The van der Waals surface area contributed by atoms with E-state index in [1.165, 1.54) is 12.8 Å². The van der Waals surface area contributed by atoms with E-state index >= 15 is 0 Å². The van der Waals surface area contributed by atoms with Gasteiger partial charge in [-0.2, -0.15) is 0 Å². The van der Waals surface area contributed by atoms with Crippen LogP contribution in [-0.2, 0) is 5.54 Å². The first-order valence-electron chi connectivity index (χ1n) is 7.28. The summed E-state index contributed by atoms with van der Waals surface area (Å²) in [7, 11) is 0. The van der Waals surface area contributed by atoms with Crippen LogP contribution in [0.15, 0.2) is 22.8 Å². The molecule has 1 saturated heterocycles. The predicted octanol–water partition coefficient (Wildman–Crippen LogP) is 3.18. The van der Waals surface area contributed by atoms with Gasteiger partial charge in [0.25, 0.3) is 0 Å². The molecule has 5 nitrogen and oxygen atoms in total. The van der Waals surface area contributed by atoms with Crippen molar-refractivity contribution in [3.05, 3.63) is 24.2 Å². The second-order valence-corrected chi connectivity index (χ2v) is 6.40. The van der Waals surface area contributed by atoms with E-state index in [0.717, 1.165) is 24.7 Å². The smallest absolute Gasteiger partial charge is 0.217 e. The summed E-state index contributed by atoms with van der Waals surface area (Å²) in [6.07, 6.45) is 4.02. The molecule has 1 aliphatic heterocycles. The molecule has 0 amide bonds. The summed E-state index contributed by atoms with van der Waals surface area (Å²) < 4.78 is 7.49. The lowest BCUT2D eigenvalue weighted by Gasteiger charge is -2.27. The van der Waals surface area contributed by atoms with E-state index in [-0.39, 0.29) is 17.9 Å². The van der Waals surface area contributed by atoms with Gasteiger partial charge in [0.15, 0.2) is 5.76 Å². The number of hydrogen-bond donors (Lipinski definition) is 1. The number of furan rings is 1. The van der Waals surface area contributed by atoms with Gasteiger partial charge in [0.2, 0.25) is 5.82 Å². The third-order valence-corrected chi connectivity index (χ3v) is 3.67. The lowest BCUT2D eigenvalue weighted by molar-refractivity contribution is 0.319. The maximum Gasteiger partial charge on any atom is 0.217 e. The Morgan fingerprint density at radius 1 is 1.38 bits per heavy atom. The molecule has 1 N–H and O–H groups in total. The van der Waals surface area contributed by atoms with Crippen LogP contribution in [0.1, 0.15) is 45.4 Å². The Balaban J connectivity index is 0.00000161. The normalized spacial score (nSPS) is 19.3. The Kier molecular flexibility index (Phi) is 4.74. The van der Waals surface area contributed by atoms with Crippen molar-refractivity contribution >= 4 is 12.4 Å². The highest BCUT2D eigenvalue weighted by Crippen LogP contribution is 2.28. The van der Waals surface area contributed by atoms with E-state index in [1.807, 2.05) is 12.1 Å². The molecule has 1 atom stereocenters. The Morgan fingerprint density at radius 3 is 2.76 bits per heavy atom. The van der Waals surface area contributed by atoms with E-state index in [0.29, 0.717) is 11.7 Å². The Morgan fingerprint density at radius 2 is 2.19 bits per heavy atom. The summed E-state index contributed by atoms with van der Waals surface area (Å²) in [6.45, 7) is 8.56. The van der Waals surface area contributed by atoms with Crippen LogP contribution in [-0.4, -0.2) is 27.9 Å². The molecule has 0 bridgehead atoms. The number of aromatic nitrogens is 3. The van der Waals surface area contributed by atoms with Gasteiger partial charge in [0.05, 0.1) is 11.8 Å². The SMILES string of the molecule is CC(C)(C)n1nc(-c2ccco2)nc1C1CCCNC1.Cl. The van der Waals surface area contributed by atoms with Crippen molar-refractivity contribution in [3.8, 4) is 11.6 Å². The molecular weight excluding hydrogens is 288 g/mol. The minimum Gasteiger partial charge on any atom is -0.461 e. The molecule has 0 spiro atoms. The molecule has 0 saturated carbocycles. The number of nitrogens with one attached hydrogen (secondary N) is 1. The zero-order chi connectivity index (χ0) is 14.2. The highest BCUT2D eigenvalue weighted by molar-refractivity contribution is 5.85. The molecule has 3 heterocycles. The quantitative estimate of drug-likeness (QED) is 0.925. The van der Waals surface area contributed by atoms with Crippen molar-refractivity contribution in [2.45, 2.75) is 45.1 Å². The number of hydrogen-bond acceptors (Lipinski definition) is 4. The van der Waals surface area contributed by atoms with Crippen molar-refractivity contribution in [2.75, 3.05) is 13.1 Å². The number of nitrogens with zero attached hydrogens (tertiary/aromatic N) is 3. The molecule has 6 heteroatoms. The average molecular weight is 311 g/mol. The molecule has 1 aliphatic rings. The van der Waals surface area contributed by atoms with Crippen LogP contribution in [0.2, 0.25) is 0 Å². The molecule has 0 aliphatic carbocycles. The maximum atomic E-state index is 5.43. The third kappa shape index (κ3) is 3.30. The number of rotatable bonds is 2. The fourth-order valence-corrected chi connectivity index (χ4v) is 2.66. The van der Waals surface area contributed by atoms with E-state index in [9.17, 15) is 0 Å². The summed E-state index contributed by atoms with van der Waals surface area (Å²) in [5.41, 5.74) is -0.0787. The first-order chi connectivity index (χ1) is 9.55. The fraction of sp³-hybridized carbons (Fsp3) is 0.600. The van der Waals surface area contributed by atoms with Gasteiger partial charge in [-0.15, -0.1) is 17.5 Å². The van der Waals surface area contributed by atoms with Crippen molar-refractivity contribution in [3.63, 3.8) is 0 Å². The van der Waals surface area contributed by atoms with Crippen molar-refractivity contribution < 1.29 is 4.42 Å². The average Bonchev–Trinajstić information content (AvgIpc) is 3.08. The molecule has 1 fully saturated rings. The van der Waals surface area contributed by atoms with Gasteiger partial charge in [-0.25, -0.2) is 9.67 Å². The largest absolute Gasteiger partial charge is 0.461 e. The Labute approximate surface area is 131 Å². The minimum atomic E-state index is -0.0787. The third-order valence-electron chi connectivity index (χ3n) is 3.67. The zero-order valence-corrected chi connectivity index (χ0v) is 13.6. The highest BCUT2D eigenvalue weighted by Gasteiger charge is 2.28. The number of piperidine rings is 1. The van der Waals surface area contributed by atoms with Crippen LogP contribution in [0, 0.1) is 0 Å². The highest BCUT2D eigenvalue weighted by atomic mass is 35.5. The molecule has 1 unspecified atom stereocenters. The van der Waals surface area contributed by atoms with Gasteiger partial charge in [-0.3, -0.25) is 0 Å². The summed E-state index contributed by atoms with van der Waals surface area (Å²) in [6, 6.07) is 3.78. The first-order valence-corrected chi connectivity index (χ1v) is 7.28. The van der Waals surface area contributed by atoms with Crippen molar-refractivity contribution in [1.29, 1.82) is 0 Å². The molecule has 0 radical (unpaired) electrons. The van der Waals surface area contributed by atoms with Gasteiger partial charge in [0, 0.05) is 12.5 Å². The second-order valence-electron chi connectivity index (χ2n) is 6.40. The van der Waals surface area contributed by atoms with E-state index in [2.05, 4.69) is 35.9 Å². The van der Waals surface area contributed by atoms with Gasteiger partial charge in [0.1, 0.15) is 5.82 Å². The first kappa shape index (κ1) is 16.0. The minimum absolute atomic E-state index is 0. The van der Waals surface area contributed by atoms with Crippen LogP contribution in [0.25, 0.3) is 11.6 Å². The monoisotopic (exact) mass is 310 g/mol. The van der Waals surface area contributed by atoms with Crippen LogP contribution >= 0.6 is 12.4 Å². The maximum absolute atomic E-state index is 5.43. The molecule has 2 aromatic rings. The molecule has 0 aromatic carbocycles. The topological polar surface area (TPSA) is 55.9 Å². The molecule has 116 valence electrons. The Bertz CT molecular complexity index is 565. The number of halogens is 1. The lowest BCUT2D eigenvalue weighted by Crippen LogP contribution is -2.33. The van der Waals surface area contributed by atoms with Crippen LogP contribution in [0.4, 0.5) is 0 Å². The zero-order valence-electron chi connectivity index (χ0n) is 12.8. The van der Waals surface area contributed by atoms with Crippen molar-refractivity contribution in [2.24, 2.45) is 0 Å². The molecule has 2 aromatic heterocycles. The standard InChI is InChI=1S/C15H22N4O.ClH/c1-15(2,3)19-14(11-6-4-8-16-10-11)17-13(18-19)12-7-5-9-20-12;/h5,7,9,11,16H,4,6,8,10H2,1-3H3;1H. The second kappa shape index (κ2) is 6.20. The molecular formula is C15H23ClN4O. The lowest BCUT2D eigenvalue weighted by atomic mass is 9.97. The Hall–Kier alpha value is -1.33. The van der Waals surface area contributed by atoms with Gasteiger partial charge >= 0.3 is 0 Å². The van der Waals surface area contributed by atoms with E-state index in [1.54, 1.807) is 6.26 Å². The molecule has 3 rings (SSSR count). The van der Waals surface area contributed by atoms with Crippen LogP contribution in [0.3, 0.4) is 0 Å². The summed E-state index contributed by atoms with van der Waals surface area (Å²) >= 11 is 0. The van der Waals surface area contributed by atoms with Gasteiger partial charge in [-0.1, -0.05) is 0 Å². The van der Waals surface area contributed by atoms with Crippen LogP contribution < -0.4 is 5.32 Å². The fourth-order valence-electron chi connectivity index (χ4n) is 2.66. The van der Waals surface area contributed by atoms with Crippen molar-refractivity contribution in [1.82, 2.24) is 20.1 Å². The van der Waals surface area contributed by atoms with Crippen LogP contribution in [0.5, 0.6) is 0 Å². The van der Waals surface area contributed by atoms with E-state index in [4.69, 9.17) is 9.40 Å². The summed E-state index contributed by atoms with van der Waals surface area (Å²) in [5.74, 6) is 2.92. The summed E-state index contributed by atoms with van der Waals surface area (Å²) in [4.78, 5) is 4.76. The summed E-state index contributed by atoms with van der Waals surface area (Å²) in [5, 5.41) is 8.13. The van der Waals surface area contributed by atoms with Gasteiger partial charge in [-0.05, 0) is 52.3 Å². The van der Waals surface area contributed by atoms with E-state index < -0.39 is 0 Å². The van der Waals surface area contributed by atoms with Gasteiger partial charge < -0.3 is 9.73 Å². The molecule has 21 heavy (non-hydrogen) atoms.